The molecule has 256 valence electrons. The summed E-state index contributed by atoms with van der Waals surface area (Å²) in [5.41, 5.74) is 5.34. The van der Waals surface area contributed by atoms with E-state index in [9.17, 15) is 14.7 Å². The number of amides is 2. The lowest BCUT2D eigenvalue weighted by molar-refractivity contribution is -0.138. The van der Waals surface area contributed by atoms with Crippen LogP contribution in [0, 0.1) is 5.92 Å². The number of nitrogens with zero attached hydrogens (tertiary/aromatic N) is 2. The van der Waals surface area contributed by atoms with E-state index in [1.54, 1.807) is 12.0 Å². The van der Waals surface area contributed by atoms with E-state index in [4.69, 9.17) is 9.47 Å². The molecule has 8 heteroatoms. The molecule has 2 aliphatic heterocycles. The number of para-hydroxylation sites is 1. The lowest BCUT2D eigenvalue weighted by Crippen LogP contribution is -2.52. The van der Waals surface area contributed by atoms with Crippen molar-refractivity contribution >= 4 is 37.0 Å². The molecule has 0 spiro atoms. The molecular formula is C41H48N2O5Si. The van der Waals surface area contributed by atoms with Crippen molar-refractivity contribution in [1.82, 2.24) is 4.90 Å². The van der Waals surface area contributed by atoms with E-state index >= 15 is 0 Å². The summed E-state index contributed by atoms with van der Waals surface area (Å²) in [4.78, 5) is 29.8. The number of aryl methyl sites for hydroxylation is 1. The van der Waals surface area contributed by atoms with Crippen LogP contribution in [0.15, 0.2) is 103 Å². The van der Waals surface area contributed by atoms with Gasteiger partial charge in [0.05, 0.1) is 46.5 Å². The normalized spacial score (nSPS) is 22.0. The van der Waals surface area contributed by atoms with Crippen LogP contribution < -0.4 is 14.8 Å². The van der Waals surface area contributed by atoms with E-state index in [0.717, 1.165) is 47.5 Å². The first-order chi connectivity index (χ1) is 23.7. The van der Waals surface area contributed by atoms with Crippen molar-refractivity contribution in [2.75, 3.05) is 18.6 Å². The predicted molar refractivity (Wildman–Crippen MR) is 197 cm³/mol. The number of fused-ring (bicyclic) bond motifs is 1. The quantitative estimate of drug-likeness (QED) is 0.134. The van der Waals surface area contributed by atoms with Crippen LogP contribution in [-0.4, -0.2) is 62.4 Å². The maximum atomic E-state index is 14.2. The number of methoxy groups -OCH3 is 1. The first-order valence-corrected chi connectivity index (χ1v) is 20.5. The summed E-state index contributed by atoms with van der Waals surface area (Å²) in [6.07, 6.45) is 3.14. The number of aliphatic hydroxyl groups excluding tert-OH is 1. The van der Waals surface area contributed by atoms with Gasteiger partial charge in [0, 0.05) is 17.9 Å². The molecule has 0 aliphatic carbocycles. The minimum atomic E-state index is -2.17. The third-order valence-corrected chi connectivity index (χ3v) is 15.3. The fourth-order valence-electron chi connectivity index (χ4n) is 8.21. The standard InChI is InChI=1S/C41H48N2O5Si/c1-29-38(22-17-30-11-10-16-34(23-30)43(28-45)33-14-6-5-7-15-33)48-39(41(29)49(3,4)37-20-18-36(47-2)19-21-37)25-40(46)42-26-32-13-9-8-12-31(32)24-35(42)27-44/h5-16,18-21,23,28-29,35,38-39,41,44H,17,22,24-27H2,1-4H3/t29-,35+,38+,39-,41+/m1/s1. The molecule has 7 nitrogen and oxygen atoms in total. The summed E-state index contributed by atoms with van der Waals surface area (Å²) in [6, 6.07) is 34.2. The number of ether oxygens (including phenoxy) is 2. The van der Waals surface area contributed by atoms with Gasteiger partial charge in [0.1, 0.15) is 5.75 Å². The Bertz CT molecular complexity index is 1730. The Morgan fingerprint density at radius 2 is 1.63 bits per heavy atom. The molecule has 4 aromatic rings. The smallest absolute Gasteiger partial charge is 0.225 e. The lowest BCUT2D eigenvalue weighted by atomic mass is 9.93. The maximum Gasteiger partial charge on any atom is 0.225 e. The van der Waals surface area contributed by atoms with Crippen molar-refractivity contribution < 1.29 is 24.2 Å². The van der Waals surface area contributed by atoms with E-state index < -0.39 is 8.07 Å². The number of carbonyl (C=O) groups excluding carboxylic acids is 2. The van der Waals surface area contributed by atoms with Crippen LogP contribution in [-0.2, 0) is 33.7 Å². The minimum Gasteiger partial charge on any atom is -0.497 e. The fraction of sp³-hybridized carbons (Fsp3) is 0.366. The van der Waals surface area contributed by atoms with Gasteiger partial charge in [0.15, 0.2) is 0 Å². The monoisotopic (exact) mass is 676 g/mol. The molecule has 5 atom stereocenters. The Labute approximate surface area is 291 Å². The summed E-state index contributed by atoms with van der Waals surface area (Å²) in [6.45, 7) is 7.53. The van der Waals surface area contributed by atoms with Gasteiger partial charge >= 0.3 is 0 Å². The largest absolute Gasteiger partial charge is 0.497 e. The Morgan fingerprint density at radius 1 is 0.939 bits per heavy atom. The molecule has 2 heterocycles. The van der Waals surface area contributed by atoms with Crippen LogP contribution in [0.4, 0.5) is 11.4 Å². The van der Waals surface area contributed by atoms with E-state index in [0.29, 0.717) is 13.0 Å². The van der Waals surface area contributed by atoms with Crippen molar-refractivity contribution in [3.8, 4) is 5.75 Å². The van der Waals surface area contributed by atoms with E-state index in [1.807, 2.05) is 71.6 Å². The molecule has 0 unspecified atom stereocenters. The number of hydrogen-bond donors (Lipinski definition) is 1. The molecule has 6 rings (SSSR count). The number of rotatable bonds is 12. The van der Waals surface area contributed by atoms with Gasteiger partial charge in [-0.3, -0.25) is 14.5 Å². The van der Waals surface area contributed by atoms with Crippen molar-refractivity contribution in [1.29, 1.82) is 0 Å². The average Bonchev–Trinajstić information content (AvgIpc) is 3.45. The Balaban J connectivity index is 1.23. The van der Waals surface area contributed by atoms with Crippen molar-refractivity contribution in [2.45, 2.75) is 76.0 Å². The second-order valence-corrected chi connectivity index (χ2v) is 18.8. The van der Waals surface area contributed by atoms with Gasteiger partial charge < -0.3 is 19.5 Å². The number of aliphatic hydroxyl groups is 1. The van der Waals surface area contributed by atoms with Gasteiger partial charge in [-0.05, 0) is 83.8 Å². The highest BCUT2D eigenvalue weighted by molar-refractivity contribution is 6.91. The zero-order valence-electron chi connectivity index (χ0n) is 29.0. The molecule has 2 aliphatic rings. The number of carbonyl (C=O) groups is 2. The first kappa shape index (κ1) is 34.6. The molecule has 1 saturated heterocycles. The topological polar surface area (TPSA) is 79.3 Å². The van der Waals surface area contributed by atoms with Crippen LogP contribution in [0.1, 0.15) is 36.5 Å². The Kier molecular flexibility index (Phi) is 10.7. The van der Waals surface area contributed by atoms with Gasteiger partial charge in [-0.1, -0.05) is 91.9 Å². The Morgan fingerprint density at radius 3 is 2.33 bits per heavy atom. The van der Waals surface area contributed by atoms with Crippen LogP contribution in [0.2, 0.25) is 18.6 Å². The van der Waals surface area contributed by atoms with Crippen LogP contribution >= 0.6 is 0 Å². The van der Waals surface area contributed by atoms with E-state index in [2.05, 4.69) is 56.4 Å². The second kappa shape index (κ2) is 15.1. The van der Waals surface area contributed by atoms with Gasteiger partial charge in [-0.15, -0.1) is 0 Å². The van der Waals surface area contributed by atoms with E-state index in [1.165, 1.54) is 10.8 Å². The van der Waals surface area contributed by atoms with E-state index in [-0.39, 0.29) is 48.6 Å². The van der Waals surface area contributed by atoms with Gasteiger partial charge in [-0.2, -0.15) is 0 Å². The summed E-state index contributed by atoms with van der Waals surface area (Å²) >= 11 is 0. The van der Waals surface area contributed by atoms with Crippen molar-refractivity contribution in [3.63, 3.8) is 0 Å². The predicted octanol–water partition coefficient (Wildman–Crippen LogP) is 6.65. The molecule has 0 radical (unpaired) electrons. The Hall–Kier alpha value is -4.24. The molecule has 49 heavy (non-hydrogen) atoms. The van der Waals surface area contributed by atoms with Crippen molar-refractivity contribution in [2.24, 2.45) is 5.92 Å². The van der Waals surface area contributed by atoms with Gasteiger partial charge in [-0.25, -0.2) is 0 Å². The highest BCUT2D eigenvalue weighted by Crippen LogP contribution is 2.47. The molecule has 4 aromatic carbocycles. The SMILES string of the molecule is COc1ccc([Si](C)(C)[C@H]2[C@H](C)[C@H](CCc3cccc(N(C=O)c4ccccc4)c3)O[C@@H]2CC(=O)N2Cc3ccccc3C[C@H]2CO)cc1. The fourth-order valence-corrected chi connectivity index (χ4v) is 12.3. The van der Waals surface area contributed by atoms with Crippen LogP contribution in [0.3, 0.4) is 0 Å². The molecular weight excluding hydrogens is 629 g/mol. The molecule has 2 amide bonds. The zero-order valence-corrected chi connectivity index (χ0v) is 30.0. The second-order valence-electron chi connectivity index (χ2n) is 14.1. The molecule has 0 aromatic heterocycles. The highest BCUT2D eigenvalue weighted by atomic mass is 28.3. The van der Waals surface area contributed by atoms with Crippen LogP contribution in [0.25, 0.3) is 0 Å². The summed E-state index contributed by atoms with van der Waals surface area (Å²) in [7, 11) is -0.486. The first-order valence-electron chi connectivity index (χ1n) is 17.4. The third-order valence-electron chi connectivity index (χ3n) is 10.9. The molecule has 1 N–H and O–H groups in total. The summed E-state index contributed by atoms with van der Waals surface area (Å²) in [5, 5.41) is 11.6. The molecule has 1 fully saturated rings. The van der Waals surface area contributed by atoms with Crippen LogP contribution in [0.5, 0.6) is 5.75 Å². The number of anilines is 2. The lowest BCUT2D eigenvalue weighted by Gasteiger charge is -2.39. The number of hydrogen-bond acceptors (Lipinski definition) is 5. The van der Waals surface area contributed by atoms with Crippen molar-refractivity contribution in [3.05, 3.63) is 120 Å². The zero-order chi connectivity index (χ0) is 34.5. The van der Waals surface area contributed by atoms with Gasteiger partial charge in [0.25, 0.3) is 0 Å². The average molecular weight is 677 g/mol. The summed E-state index contributed by atoms with van der Waals surface area (Å²) in [5.74, 6) is 1.10. The number of benzene rings is 4. The van der Waals surface area contributed by atoms with Gasteiger partial charge in [0.2, 0.25) is 12.3 Å². The molecule has 0 saturated carbocycles. The molecule has 0 bridgehead atoms. The maximum absolute atomic E-state index is 14.2. The highest BCUT2D eigenvalue weighted by Gasteiger charge is 2.51. The minimum absolute atomic E-state index is 0.0245. The third kappa shape index (κ3) is 7.37. The summed E-state index contributed by atoms with van der Waals surface area (Å²) < 4.78 is 12.4.